The number of hydrogen-bond acceptors (Lipinski definition) is 4. The maximum absolute atomic E-state index is 12.2. The molecular formula is C20H31ClN2O3S2. The number of rotatable bonds is 10. The summed E-state index contributed by atoms with van der Waals surface area (Å²) in [4.78, 5) is 12.1. The fourth-order valence-corrected chi connectivity index (χ4v) is 5.86. The number of nitrogens with zero attached hydrogens (tertiary/aromatic N) is 1. The lowest BCUT2D eigenvalue weighted by molar-refractivity contribution is -0.121. The standard InChI is InChI=1S/C20H31ClN2O3S2/c1-16-18(21)10-6-11-19(16)23(28(2,25)26)14-7-12-20(24)22-13-15-27-17-8-4-3-5-9-17/h6,10-11,17H,3-5,7-9,12-15H2,1-2H3,(H,22,24). The van der Waals surface area contributed by atoms with Crippen LogP contribution in [0.1, 0.15) is 50.5 Å². The lowest BCUT2D eigenvalue weighted by Crippen LogP contribution is -2.33. The lowest BCUT2D eigenvalue weighted by atomic mass is 10.0. The van der Waals surface area contributed by atoms with Crippen LogP contribution in [0.2, 0.25) is 5.02 Å². The molecule has 5 nitrogen and oxygen atoms in total. The van der Waals surface area contributed by atoms with Crippen molar-refractivity contribution in [1.29, 1.82) is 0 Å². The summed E-state index contributed by atoms with van der Waals surface area (Å²) in [5, 5.41) is 4.22. The number of halogens is 1. The third-order valence-corrected chi connectivity index (χ3v) is 7.98. The Kier molecular flexibility index (Phi) is 9.44. The molecule has 0 saturated heterocycles. The van der Waals surface area contributed by atoms with E-state index in [1.54, 1.807) is 25.1 Å². The molecule has 0 heterocycles. The third-order valence-electron chi connectivity index (χ3n) is 5.00. The summed E-state index contributed by atoms with van der Waals surface area (Å²) in [7, 11) is -3.45. The minimum absolute atomic E-state index is 0.0273. The molecule has 1 amide bonds. The van der Waals surface area contributed by atoms with E-state index in [2.05, 4.69) is 5.32 Å². The second kappa shape index (κ2) is 11.3. The minimum Gasteiger partial charge on any atom is -0.355 e. The highest BCUT2D eigenvalue weighted by atomic mass is 35.5. The van der Waals surface area contributed by atoms with Crippen molar-refractivity contribution < 1.29 is 13.2 Å². The van der Waals surface area contributed by atoms with E-state index in [0.29, 0.717) is 30.1 Å². The molecule has 0 bridgehead atoms. The molecule has 2 rings (SSSR count). The van der Waals surface area contributed by atoms with Gasteiger partial charge in [0, 0.05) is 35.5 Å². The van der Waals surface area contributed by atoms with E-state index < -0.39 is 10.0 Å². The molecular weight excluding hydrogens is 416 g/mol. The van der Waals surface area contributed by atoms with Crippen molar-refractivity contribution in [3.05, 3.63) is 28.8 Å². The summed E-state index contributed by atoms with van der Waals surface area (Å²) < 4.78 is 25.8. The normalized spacial score (nSPS) is 15.4. The Labute approximate surface area is 178 Å². The van der Waals surface area contributed by atoms with Crippen LogP contribution in [0.15, 0.2) is 18.2 Å². The van der Waals surface area contributed by atoms with Crippen molar-refractivity contribution in [2.45, 2.75) is 57.1 Å². The van der Waals surface area contributed by atoms with Crippen molar-refractivity contribution in [3.8, 4) is 0 Å². The Bertz CT molecular complexity index is 750. The maximum atomic E-state index is 12.2. The number of hydrogen-bond donors (Lipinski definition) is 1. The van der Waals surface area contributed by atoms with Crippen LogP contribution in [0.4, 0.5) is 5.69 Å². The van der Waals surface area contributed by atoms with Crippen LogP contribution in [0.3, 0.4) is 0 Å². The number of carbonyl (C=O) groups is 1. The van der Waals surface area contributed by atoms with Gasteiger partial charge >= 0.3 is 0 Å². The minimum atomic E-state index is -3.45. The van der Waals surface area contributed by atoms with Crippen molar-refractivity contribution in [2.75, 3.05) is 29.4 Å². The van der Waals surface area contributed by atoms with Crippen molar-refractivity contribution >= 4 is 45.0 Å². The summed E-state index contributed by atoms with van der Waals surface area (Å²) in [5.41, 5.74) is 1.29. The van der Waals surface area contributed by atoms with E-state index >= 15 is 0 Å². The van der Waals surface area contributed by atoms with Crippen LogP contribution in [0.25, 0.3) is 0 Å². The Morgan fingerprint density at radius 2 is 2.00 bits per heavy atom. The quantitative estimate of drug-likeness (QED) is 0.541. The van der Waals surface area contributed by atoms with Gasteiger partial charge in [0.25, 0.3) is 0 Å². The zero-order chi connectivity index (χ0) is 20.6. The molecule has 0 atom stereocenters. The van der Waals surface area contributed by atoms with Crippen molar-refractivity contribution in [1.82, 2.24) is 5.32 Å². The number of benzene rings is 1. The fourth-order valence-electron chi connectivity index (χ4n) is 3.45. The third kappa shape index (κ3) is 7.48. The Hall–Kier alpha value is -0.920. The molecule has 158 valence electrons. The molecule has 1 aliphatic carbocycles. The van der Waals surface area contributed by atoms with Gasteiger partial charge in [0.2, 0.25) is 15.9 Å². The van der Waals surface area contributed by atoms with Gasteiger partial charge in [0.15, 0.2) is 0 Å². The maximum Gasteiger partial charge on any atom is 0.232 e. The van der Waals surface area contributed by atoms with Crippen LogP contribution in [-0.2, 0) is 14.8 Å². The molecule has 0 unspecified atom stereocenters. The fraction of sp³-hybridized carbons (Fsp3) is 0.650. The first-order valence-corrected chi connectivity index (χ1v) is 13.2. The zero-order valence-corrected chi connectivity index (χ0v) is 19.1. The molecule has 1 fully saturated rings. The van der Waals surface area contributed by atoms with E-state index in [4.69, 9.17) is 11.6 Å². The summed E-state index contributed by atoms with van der Waals surface area (Å²) in [6.45, 7) is 2.72. The first-order valence-electron chi connectivity index (χ1n) is 9.90. The monoisotopic (exact) mass is 446 g/mol. The van der Waals surface area contributed by atoms with Crippen LogP contribution in [-0.4, -0.2) is 44.7 Å². The van der Waals surface area contributed by atoms with Gasteiger partial charge in [-0.1, -0.05) is 36.9 Å². The largest absolute Gasteiger partial charge is 0.355 e. The zero-order valence-electron chi connectivity index (χ0n) is 16.7. The van der Waals surface area contributed by atoms with E-state index in [1.807, 2.05) is 11.8 Å². The van der Waals surface area contributed by atoms with Gasteiger partial charge in [-0.3, -0.25) is 9.10 Å². The number of amides is 1. The van der Waals surface area contributed by atoms with Crippen LogP contribution < -0.4 is 9.62 Å². The van der Waals surface area contributed by atoms with Gasteiger partial charge in [-0.25, -0.2) is 8.42 Å². The highest BCUT2D eigenvalue weighted by Gasteiger charge is 2.20. The first kappa shape index (κ1) is 23.4. The van der Waals surface area contributed by atoms with Gasteiger partial charge in [-0.2, -0.15) is 11.8 Å². The molecule has 1 saturated carbocycles. The molecule has 0 aromatic heterocycles. The number of nitrogens with one attached hydrogen (secondary N) is 1. The molecule has 1 aromatic rings. The van der Waals surface area contributed by atoms with Gasteiger partial charge in [-0.05, 0) is 43.9 Å². The van der Waals surface area contributed by atoms with Crippen LogP contribution in [0.5, 0.6) is 0 Å². The summed E-state index contributed by atoms with van der Waals surface area (Å²) >= 11 is 8.09. The molecule has 1 aromatic carbocycles. The molecule has 0 radical (unpaired) electrons. The molecule has 28 heavy (non-hydrogen) atoms. The number of carbonyl (C=O) groups excluding carboxylic acids is 1. The molecule has 1 N–H and O–H groups in total. The summed E-state index contributed by atoms with van der Waals surface area (Å²) in [5.74, 6) is 0.911. The predicted octanol–water partition coefficient (Wildman–Crippen LogP) is 4.38. The Balaban J connectivity index is 1.75. The van der Waals surface area contributed by atoms with Crippen molar-refractivity contribution in [3.63, 3.8) is 0 Å². The lowest BCUT2D eigenvalue weighted by Gasteiger charge is -2.24. The number of anilines is 1. The highest BCUT2D eigenvalue weighted by molar-refractivity contribution is 7.99. The van der Waals surface area contributed by atoms with Gasteiger partial charge in [-0.15, -0.1) is 0 Å². The second-order valence-corrected chi connectivity index (χ2v) is 11.0. The average molecular weight is 447 g/mol. The van der Waals surface area contributed by atoms with E-state index in [0.717, 1.165) is 16.6 Å². The van der Waals surface area contributed by atoms with Gasteiger partial charge < -0.3 is 5.32 Å². The average Bonchev–Trinajstić information content (AvgIpc) is 2.65. The summed E-state index contributed by atoms with van der Waals surface area (Å²) in [6.07, 6.45) is 8.54. The summed E-state index contributed by atoms with van der Waals surface area (Å²) in [6, 6.07) is 5.21. The Morgan fingerprint density at radius 3 is 2.68 bits per heavy atom. The Morgan fingerprint density at radius 1 is 1.29 bits per heavy atom. The topological polar surface area (TPSA) is 66.5 Å². The highest BCUT2D eigenvalue weighted by Crippen LogP contribution is 2.29. The van der Waals surface area contributed by atoms with Crippen LogP contribution in [0, 0.1) is 6.92 Å². The smallest absolute Gasteiger partial charge is 0.232 e. The van der Waals surface area contributed by atoms with E-state index in [9.17, 15) is 13.2 Å². The molecule has 8 heteroatoms. The molecule has 0 aliphatic heterocycles. The number of thioether (sulfide) groups is 1. The molecule has 1 aliphatic rings. The SMILES string of the molecule is Cc1c(Cl)cccc1N(CCCC(=O)NCCSC1CCCCC1)S(C)(=O)=O. The van der Waals surface area contributed by atoms with Crippen molar-refractivity contribution in [2.24, 2.45) is 0 Å². The van der Waals surface area contributed by atoms with E-state index in [1.165, 1.54) is 42.7 Å². The second-order valence-electron chi connectivity index (χ2n) is 7.30. The van der Waals surface area contributed by atoms with Gasteiger partial charge in [0.1, 0.15) is 0 Å². The molecule has 0 spiro atoms. The number of sulfonamides is 1. The van der Waals surface area contributed by atoms with E-state index in [-0.39, 0.29) is 12.5 Å². The van der Waals surface area contributed by atoms with Crippen LogP contribution >= 0.6 is 23.4 Å². The van der Waals surface area contributed by atoms with Gasteiger partial charge in [0.05, 0.1) is 11.9 Å². The first-order chi connectivity index (χ1) is 13.3. The predicted molar refractivity (Wildman–Crippen MR) is 120 cm³/mol.